The monoisotopic (exact) mass is 363 g/mol. The number of amides is 4. The molecule has 25 heavy (non-hydrogen) atoms. The third-order valence-corrected chi connectivity index (χ3v) is 5.79. The maximum atomic E-state index is 12.4. The molecule has 0 unspecified atom stereocenters. The molecule has 132 valence electrons. The zero-order chi connectivity index (χ0) is 17.7. The summed E-state index contributed by atoms with van der Waals surface area (Å²) < 4.78 is 0. The lowest BCUT2D eigenvalue weighted by Gasteiger charge is -2.30. The third-order valence-electron chi connectivity index (χ3n) is 4.78. The predicted octanol–water partition coefficient (Wildman–Crippen LogP) is -0.801. The van der Waals surface area contributed by atoms with Crippen LogP contribution in [-0.2, 0) is 20.8 Å². The van der Waals surface area contributed by atoms with Crippen molar-refractivity contribution >= 4 is 40.1 Å². The van der Waals surface area contributed by atoms with Gasteiger partial charge in [-0.3, -0.25) is 24.5 Å². The number of nitrogens with zero attached hydrogens (tertiary/aromatic N) is 3. The molecule has 2 atom stereocenters. The molecule has 1 saturated heterocycles. The van der Waals surface area contributed by atoms with Crippen molar-refractivity contribution in [1.82, 2.24) is 20.1 Å². The first-order valence-corrected chi connectivity index (χ1v) is 8.93. The van der Waals surface area contributed by atoms with Gasteiger partial charge in [-0.2, -0.15) is 0 Å². The van der Waals surface area contributed by atoms with Gasteiger partial charge in [-0.05, 0) is 19.3 Å². The SMILES string of the molecule is CN1C(=O)CN(C(=O)C(=O)Nc2nc3c(s2)C(=O)NCCC3)[C@H]2C[C@H]21. The summed E-state index contributed by atoms with van der Waals surface area (Å²) in [6.07, 6.45) is 2.12. The van der Waals surface area contributed by atoms with Gasteiger partial charge in [0.2, 0.25) is 5.91 Å². The Morgan fingerprint density at radius 1 is 1.32 bits per heavy atom. The van der Waals surface area contributed by atoms with Crippen LogP contribution >= 0.6 is 11.3 Å². The van der Waals surface area contributed by atoms with Gasteiger partial charge in [0.15, 0.2) is 5.13 Å². The van der Waals surface area contributed by atoms with E-state index in [1.54, 1.807) is 11.9 Å². The molecule has 1 aliphatic carbocycles. The number of hydrogen-bond donors (Lipinski definition) is 2. The molecule has 2 N–H and O–H groups in total. The van der Waals surface area contributed by atoms with Gasteiger partial charge in [0, 0.05) is 13.6 Å². The van der Waals surface area contributed by atoms with Crippen molar-refractivity contribution in [3.63, 3.8) is 0 Å². The molecule has 0 bridgehead atoms. The summed E-state index contributed by atoms with van der Waals surface area (Å²) in [5.74, 6) is -1.93. The number of hydrogen-bond acceptors (Lipinski definition) is 6. The molecule has 4 rings (SSSR count). The lowest BCUT2D eigenvalue weighted by Crippen LogP contribution is -2.53. The van der Waals surface area contributed by atoms with E-state index in [9.17, 15) is 19.2 Å². The highest BCUT2D eigenvalue weighted by molar-refractivity contribution is 7.17. The van der Waals surface area contributed by atoms with Crippen LogP contribution in [-0.4, -0.2) is 70.6 Å². The van der Waals surface area contributed by atoms with Crippen LogP contribution in [0.3, 0.4) is 0 Å². The zero-order valence-electron chi connectivity index (χ0n) is 13.6. The van der Waals surface area contributed by atoms with Crippen LogP contribution in [0.5, 0.6) is 0 Å². The van der Waals surface area contributed by atoms with Gasteiger partial charge in [-0.25, -0.2) is 4.98 Å². The summed E-state index contributed by atoms with van der Waals surface area (Å²) in [5, 5.41) is 5.47. The number of aromatic nitrogens is 1. The number of anilines is 1. The number of aryl methyl sites for hydroxylation is 1. The van der Waals surface area contributed by atoms with Crippen LogP contribution in [0.1, 0.15) is 28.2 Å². The van der Waals surface area contributed by atoms with Gasteiger partial charge >= 0.3 is 11.8 Å². The number of carbonyl (C=O) groups is 4. The molecule has 0 aromatic carbocycles. The molecule has 3 aliphatic rings. The second-order valence-corrected chi connectivity index (χ2v) is 7.42. The summed E-state index contributed by atoms with van der Waals surface area (Å²) in [4.78, 5) is 56.2. The van der Waals surface area contributed by atoms with E-state index >= 15 is 0 Å². The fourth-order valence-electron chi connectivity index (χ4n) is 3.27. The number of piperazine rings is 1. The van der Waals surface area contributed by atoms with E-state index in [4.69, 9.17) is 0 Å². The standard InChI is InChI=1S/C15H17N5O4S/c1-19-8-5-9(8)20(6-10(19)21)14(24)13(23)18-15-17-7-3-2-4-16-12(22)11(7)25-15/h8-9H,2-6H2,1H3,(H,16,22)(H,17,18,23)/t8-,9+/m1/s1. The molecule has 0 spiro atoms. The first-order valence-electron chi connectivity index (χ1n) is 8.11. The highest BCUT2D eigenvalue weighted by atomic mass is 32.1. The first kappa shape index (κ1) is 16.0. The Kier molecular flexibility index (Phi) is 3.71. The molecule has 3 heterocycles. The van der Waals surface area contributed by atoms with Gasteiger partial charge in [0.1, 0.15) is 11.4 Å². The second kappa shape index (κ2) is 5.80. The van der Waals surface area contributed by atoms with Crippen LogP contribution in [0.2, 0.25) is 0 Å². The van der Waals surface area contributed by atoms with E-state index in [2.05, 4.69) is 15.6 Å². The maximum Gasteiger partial charge on any atom is 0.315 e. The van der Waals surface area contributed by atoms with Crippen LogP contribution in [0.15, 0.2) is 0 Å². The van der Waals surface area contributed by atoms with Crippen molar-refractivity contribution in [2.24, 2.45) is 0 Å². The van der Waals surface area contributed by atoms with Crippen molar-refractivity contribution in [3.8, 4) is 0 Å². The predicted molar refractivity (Wildman–Crippen MR) is 88.1 cm³/mol. The van der Waals surface area contributed by atoms with Crippen LogP contribution in [0.25, 0.3) is 0 Å². The summed E-state index contributed by atoms with van der Waals surface area (Å²) in [6.45, 7) is 0.517. The molecule has 4 amide bonds. The zero-order valence-corrected chi connectivity index (χ0v) is 14.4. The van der Waals surface area contributed by atoms with E-state index in [-0.39, 0.29) is 35.6 Å². The van der Waals surface area contributed by atoms with Crippen molar-refractivity contribution in [1.29, 1.82) is 0 Å². The van der Waals surface area contributed by atoms with Gasteiger partial charge < -0.3 is 15.1 Å². The quantitative estimate of drug-likeness (QED) is 0.635. The van der Waals surface area contributed by atoms with E-state index in [1.165, 1.54) is 4.90 Å². The molecule has 1 aromatic rings. The highest BCUT2D eigenvalue weighted by Gasteiger charge is 2.53. The first-order chi connectivity index (χ1) is 12.0. The molecular formula is C15H17N5O4S. The number of carbonyl (C=O) groups excluding carboxylic acids is 4. The summed E-state index contributed by atoms with van der Waals surface area (Å²) in [5.41, 5.74) is 0.639. The fraction of sp³-hybridized carbons (Fsp3) is 0.533. The van der Waals surface area contributed by atoms with E-state index in [1.807, 2.05) is 0 Å². The summed E-state index contributed by atoms with van der Waals surface area (Å²) in [6, 6.07) is -0.0719. The van der Waals surface area contributed by atoms with E-state index < -0.39 is 11.8 Å². The minimum absolute atomic E-state index is 0.0117. The van der Waals surface area contributed by atoms with Crippen LogP contribution in [0, 0.1) is 0 Å². The van der Waals surface area contributed by atoms with Crippen molar-refractivity contribution in [2.45, 2.75) is 31.3 Å². The number of thiazole rings is 1. The number of nitrogens with one attached hydrogen (secondary N) is 2. The Balaban J connectivity index is 1.46. The molecule has 0 radical (unpaired) electrons. The Morgan fingerprint density at radius 2 is 2.12 bits per heavy atom. The number of rotatable bonds is 1. The molecule has 9 nitrogen and oxygen atoms in total. The van der Waals surface area contributed by atoms with Gasteiger partial charge in [0.05, 0.1) is 17.8 Å². The Hall–Kier alpha value is -2.49. The fourth-order valence-corrected chi connectivity index (χ4v) is 4.20. The minimum atomic E-state index is -0.827. The van der Waals surface area contributed by atoms with E-state index in [0.717, 1.165) is 17.8 Å². The Labute approximate surface area is 147 Å². The molecule has 1 saturated carbocycles. The van der Waals surface area contributed by atoms with Gasteiger partial charge in [0.25, 0.3) is 5.91 Å². The maximum absolute atomic E-state index is 12.4. The average molecular weight is 363 g/mol. The van der Waals surface area contributed by atoms with Crippen molar-refractivity contribution < 1.29 is 19.2 Å². The van der Waals surface area contributed by atoms with Gasteiger partial charge in [-0.1, -0.05) is 11.3 Å². The highest BCUT2D eigenvalue weighted by Crippen LogP contribution is 2.36. The van der Waals surface area contributed by atoms with Crippen molar-refractivity contribution in [3.05, 3.63) is 10.6 Å². The molecule has 1 aromatic heterocycles. The Morgan fingerprint density at radius 3 is 2.92 bits per heavy atom. The average Bonchev–Trinajstić information content (AvgIpc) is 3.32. The number of likely N-dealkylation sites (N-methyl/N-ethyl adjacent to an activating group) is 1. The summed E-state index contributed by atoms with van der Waals surface area (Å²) >= 11 is 1.06. The molecule has 2 aliphatic heterocycles. The lowest BCUT2D eigenvalue weighted by atomic mass is 10.2. The van der Waals surface area contributed by atoms with E-state index in [0.29, 0.717) is 30.0 Å². The minimum Gasteiger partial charge on any atom is -0.351 e. The van der Waals surface area contributed by atoms with Crippen LogP contribution < -0.4 is 10.6 Å². The summed E-state index contributed by atoms with van der Waals surface area (Å²) in [7, 11) is 1.71. The number of fused-ring (bicyclic) bond motifs is 2. The molecule has 10 heteroatoms. The molecule has 2 fully saturated rings. The normalized spacial score (nSPS) is 24.8. The van der Waals surface area contributed by atoms with Gasteiger partial charge in [-0.15, -0.1) is 0 Å². The smallest absolute Gasteiger partial charge is 0.315 e. The second-order valence-electron chi connectivity index (χ2n) is 6.42. The largest absolute Gasteiger partial charge is 0.351 e. The topological polar surface area (TPSA) is 112 Å². The van der Waals surface area contributed by atoms with Crippen molar-refractivity contribution in [2.75, 3.05) is 25.5 Å². The van der Waals surface area contributed by atoms with Crippen LogP contribution in [0.4, 0.5) is 5.13 Å². The molecular weight excluding hydrogens is 346 g/mol. The Bertz CT molecular complexity index is 791. The lowest BCUT2D eigenvalue weighted by molar-refractivity contribution is -0.149. The third kappa shape index (κ3) is 2.76.